The van der Waals surface area contributed by atoms with Crippen molar-refractivity contribution < 1.29 is 9.18 Å². The molecule has 174 valence electrons. The fraction of sp³-hybridized carbons (Fsp3) is 0.444. The van der Waals surface area contributed by atoms with Crippen LogP contribution in [0.3, 0.4) is 0 Å². The minimum absolute atomic E-state index is 0.122. The fourth-order valence-corrected chi connectivity index (χ4v) is 4.19. The monoisotopic (exact) mass is 456 g/mol. The highest BCUT2D eigenvalue weighted by atomic mass is 32.1. The van der Waals surface area contributed by atoms with Gasteiger partial charge in [-0.1, -0.05) is 46.3 Å². The third-order valence-corrected chi connectivity index (χ3v) is 6.09. The normalized spacial score (nSPS) is 13.4. The van der Waals surface area contributed by atoms with E-state index in [1.807, 2.05) is 24.8 Å². The zero-order chi connectivity index (χ0) is 23.7. The van der Waals surface area contributed by atoms with Gasteiger partial charge in [-0.05, 0) is 55.7 Å². The average Bonchev–Trinajstić information content (AvgIpc) is 2.81. The van der Waals surface area contributed by atoms with Crippen molar-refractivity contribution in [3.05, 3.63) is 65.5 Å². The summed E-state index contributed by atoms with van der Waals surface area (Å²) in [5.74, 6) is -0.460. The van der Waals surface area contributed by atoms with Gasteiger partial charge in [0.25, 0.3) is 0 Å². The van der Waals surface area contributed by atoms with E-state index >= 15 is 0 Å². The fourth-order valence-electron chi connectivity index (χ4n) is 3.99. The average molecular weight is 457 g/mol. The van der Waals surface area contributed by atoms with Crippen LogP contribution in [0.1, 0.15) is 68.4 Å². The third kappa shape index (κ3) is 6.61. The van der Waals surface area contributed by atoms with Crippen molar-refractivity contribution >= 4 is 29.8 Å². The Labute approximate surface area is 198 Å². The molecular formula is C27H37FN2OS. The van der Waals surface area contributed by atoms with E-state index in [1.54, 1.807) is 12.1 Å². The number of aryl methyl sites for hydroxylation is 1. The highest BCUT2D eigenvalue weighted by Crippen LogP contribution is 2.28. The number of carbonyl (C=O) groups excluding carboxylic acids is 1. The first-order valence-corrected chi connectivity index (χ1v) is 12.2. The smallest absolute Gasteiger partial charge is 0.159 e. The molecule has 0 unspecified atom stereocenters. The molecule has 5 heteroatoms. The lowest BCUT2D eigenvalue weighted by atomic mass is 9.98. The maximum absolute atomic E-state index is 14.5. The Kier molecular flexibility index (Phi) is 10.3. The van der Waals surface area contributed by atoms with Gasteiger partial charge in [0.2, 0.25) is 0 Å². The minimum Gasteiger partial charge on any atom is -0.368 e. The number of piperazine rings is 1. The summed E-state index contributed by atoms with van der Waals surface area (Å²) >= 11 is 4.53. The van der Waals surface area contributed by atoms with E-state index in [1.165, 1.54) is 43.4 Å². The van der Waals surface area contributed by atoms with Crippen LogP contribution in [-0.2, 0) is 6.42 Å². The molecule has 1 heterocycles. The number of thiol groups is 1. The van der Waals surface area contributed by atoms with Gasteiger partial charge in [-0.25, -0.2) is 4.39 Å². The summed E-state index contributed by atoms with van der Waals surface area (Å²) in [6.45, 7) is 15.0. The number of ketones is 1. The van der Waals surface area contributed by atoms with Crippen LogP contribution in [-0.4, -0.2) is 36.9 Å². The zero-order valence-electron chi connectivity index (χ0n) is 20.0. The molecule has 1 aliphatic rings. The topological polar surface area (TPSA) is 23.6 Å². The lowest BCUT2D eigenvalue weighted by Crippen LogP contribution is -2.45. The molecule has 0 saturated carbocycles. The summed E-state index contributed by atoms with van der Waals surface area (Å²) in [6, 6.07) is 11.1. The summed E-state index contributed by atoms with van der Waals surface area (Å²) in [4.78, 5) is 16.7. The van der Waals surface area contributed by atoms with Crippen molar-refractivity contribution in [3.63, 3.8) is 0 Å². The van der Waals surface area contributed by atoms with Gasteiger partial charge < -0.3 is 9.80 Å². The second-order valence-electron chi connectivity index (χ2n) is 7.94. The highest BCUT2D eigenvalue weighted by Gasteiger charge is 2.22. The van der Waals surface area contributed by atoms with E-state index in [0.717, 1.165) is 30.1 Å². The molecule has 0 N–H and O–H groups in total. The number of carbonyl (C=O) groups is 1. The van der Waals surface area contributed by atoms with Gasteiger partial charge in [0.15, 0.2) is 5.78 Å². The maximum Gasteiger partial charge on any atom is 0.159 e. The number of halogens is 1. The van der Waals surface area contributed by atoms with Crippen LogP contribution in [0, 0.1) is 5.82 Å². The van der Waals surface area contributed by atoms with Crippen LogP contribution in [0.5, 0.6) is 0 Å². The zero-order valence-corrected chi connectivity index (χ0v) is 20.9. The minimum atomic E-state index is -0.337. The van der Waals surface area contributed by atoms with E-state index < -0.39 is 0 Å². The van der Waals surface area contributed by atoms with Crippen molar-refractivity contribution in [2.75, 3.05) is 31.1 Å². The molecule has 0 radical (unpaired) electrons. The predicted molar refractivity (Wildman–Crippen MR) is 137 cm³/mol. The summed E-state index contributed by atoms with van der Waals surface area (Å²) < 4.78 is 14.5. The summed E-state index contributed by atoms with van der Waals surface area (Å²) in [7, 11) is 0. The van der Waals surface area contributed by atoms with Crippen molar-refractivity contribution in [1.29, 1.82) is 0 Å². The molecule has 1 aliphatic heterocycles. The molecule has 0 aliphatic carbocycles. The molecular weight excluding hydrogens is 419 g/mol. The Hall–Kier alpha value is -2.27. The van der Waals surface area contributed by atoms with Gasteiger partial charge in [0, 0.05) is 47.9 Å². The van der Waals surface area contributed by atoms with Gasteiger partial charge in [0.05, 0.1) is 5.69 Å². The number of nitrogens with zero attached hydrogens (tertiary/aromatic N) is 2. The van der Waals surface area contributed by atoms with E-state index in [2.05, 4.69) is 43.2 Å². The lowest BCUT2D eigenvalue weighted by Gasteiger charge is -2.38. The van der Waals surface area contributed by atoms with E-state index in [9.17, 15) is 9.18 Å². The first-order valence-electron chi connectivity index (χ1n) is 11.7. The molecule has 32 heavy (non-hydrogen) atoms. The van der Waals surface area contributed by atoms with Gasteiger partial charge in [-0.3, -0.25) is 4.79 Å². The summed E-state index contributed by atoms with van der Waals surface area (Å²) in [5.41, 5.74) is 4.47. The number of hydrogen-bond acceptors (Lipinski definition) is 4. The molecule has 2 aromatic rings. The maximum atomic E-state index is 14.5. The van der Waals surface area contributed by atoms with Gasteiger partial charge in [-0.2, -0.15) is 0 Å². The van der Waals surface area contributed by atoms with Crippen LogP contribution in [0.25, 0.3) is 5.70 Å². The number of unbranched alkanes of at least 4 members (excludes halogenated alkanes) is 2. The van der Waals surface area contributed by atoms with Crippen LogP contribution >= 0.6 is 12.6 Å². The first-order chi connectivity index (χ1) is 15.4. The van der Waals surface area contributed by atoms with Crippen molar-refractivity contribution in [2.24, 2.45) is 0 Å². The summed E-state index contributed by atoms with van der Waals surface area (Å²) in [5, 5.41) is 0. The molecule has 0 atom stereocenters. The SMILES string of the molecule is C=C(c1cc(S)ccc1CCCCC)N1CCN(c2ccc(C(C)=O)cc2F)CC1.CC. The molecule has 3 nitrogen and oxygen atoms in total. The Morgan fingerprint density at radius 3 is 2.34 bits per heavy atom. The molecule has 1 saturated heterocycles. The number of anilines is 1. The number of benzene rings is 2. The standard InChI is InChI=1S/C25H31FN2OS.C2H6/c1-4-5-6-7-20-8-10-22(30)17-23(20)18(2)27-12-14-28(15-13-27)25-11-9-21(19(3)29)16-24(25)26;1-2/h8-11,16-17,30H,2,4-7,12-15H2,1,3H3;1-2H3. The Morgan fingerprint density at radius 2 is 1.75 bits per heavy atom. The number of hydrogen-bond donors (Lipinski definition) is 1. The van der Waals surface area contributed by atoms with Crippen molar-refractivity contribution in [2.45, 2.75) is 58.3 Å². The Balaban J connectivity index is 0.00000176. The molecule has 0 amide bonds. The van der Waals surface area contributed by atoms with Crippen LogP contribution in [0.4, 0.5) is 10.1 Å². The van der Waals surface area contributed by atoms with Crippen LogP contribution < -0.4 is 4.90 Å². The quantitative estimate of drug-likeness (QED) is 0.266. The van der Waals surface area contributed by atoms with E-state index in [-0.39, 0.29) is 11.6 Å². The van der Waals surface area contributed by atoms with Crippen LogP contribution in [0.15, 0.2) is 47.9 Å². The predicted octanol–water partition coefficient (Wildman–Crippen LogP) is 6.87. The molecule has 0 aromatic heterocycles. The first kappa shape index (κ1) is 26.0. The van der Waals surface area contributed by atoms with E-state index in [4.69, 9.17) is 0 Å². The lowest BCUT2D eigenvalue weighted by molar-refractivity contribution is 0.101. The number of Topliss-reactive ketones (excluding diaryl/α,β-unsaturated/α-hetero) is 1. The Bertz CT molecular complexity index is 920. The second kappa shape index (κ2) is 12.7. The van der Waals surface area contributed by atoms with Gasteiger partial charge >= 0.3 is 0 Å². The largest absolute Gasteiger partial charge is 0.368 e. The van der Waals surface area contributed by atoms with E-state index in [0.29, 0.717) is 24.3 Å². The molecule has 2 aromatic carbocycles. The van der Waals surface area contributed by atoms with Gasteiger partial charge in [0.1, 0.15) is 5.82 Å². The van der Waals surface area contributed by atoms with Gasteiger partial charge in [-0.15, -0.1) is 12.6 Å². The highest BCUT2D eigenvalue weighted by molar-refractivity contribution is 7.80. The second-order valence-corrected chi connectivity index (χ2v) is 8.46. The van der Waals surface area contributed by atoms with Crippen molar-refractivity contribution in [3.8, 4) is 0 Å². The molecule has 1 fully saturated rings. The van der Waals surface area contributed by atoms with Crippen molar-refractivity contribution in [1.82, 2.24) is 4.90 Å². The summed E-state index contributed by atoms with van der Waals surface area (Å²) in [6.07, 6.45) is 4.64. The third-order valence-electron chi connectivity index (χ3n) is 5.81. The Morgan fingerprint density at radius 1 is 1.06 bits per heavy atom. The molecule has 0 bridgehead atoms. The van der Waals surface area contributed by atoms with Crippen LogP contribution in [0.2, 0.25) is 0 Å². The number of rotatable bonds is 8. The molecule has 3 rings (SSSR count). The molecule has 0 spiro atoms.